The fraction of sp³-hybridized carbons (Fsp3) is 0.600. The van der Waals surface area contributed by atoms with Crippen LogP contribution in [0.3, 0.4) is 0 Å². The molecule has 1 rings (SSSR count). The molecule has 1 aromatic carbocycles. The minimum absolute atomic E-state index is 0.0411. The van der Waals surface area contributed by atoms with Gasteiger partial charge in [0.2, 0.25) is 5.91 Å². The third-order valence-corrected chi connectivity index (χ3v) is 4.09. The van der Waals surface area contributed by atoms with Crippen molar-refractivity contribution in [3.63, 3.8) is 0 Å². The largest absolute Gasteiger partial charge is 0.493 e. The van der Waals surface area contributed by atoms with Gasteiger partial charge < -0.3 is 20.1 Å². The van der Waals surface area contributed by atoms with Crippen LogP contribution in [0.2, 0.25) is 0 Å². The first-order valence-corrected chi connectivity index (χ1v) is 9.24. The van der Waals surface area contributed by atoms with Crippen molar-refractivity contribution in [3.05, 3.63) is 23.8 Å². The molecule has 0 fully saturated rings. The molecule has 0 aliphatic rings. The van der Waals surface area contributed by atoms with Gasteiger partial charge in [0, 0.05) is 12.1 Å². The SMILES string of the molecule is COc1ccc(C(=O)NCC(=O)NCCCCCCC(C)C)cc1OC. The molecular weight excluding hydrogens is 332 g/mol. The number of hydrogen-bond acceptors (Lipinski definition) is 4. The maximum atomic E-state index is 12.1. The van der Waals surface area contributed by atoms with Crippen molar-refractivity contribution in [3.8, 4) is 11.5 Å². The van der Waals surface area contributed by atoms with Crippen LogP contribution in [0.25, 0.3) is 0 Å². The summed E-state index contributed by atoms with van der Waals surface area (Å²) in [4.78, 5) is 23.9. The lowest BCUT2D eigenvalue weighted by atomic mass is 10.0. The summed E-state index contributed by atoms with van der Waals surface area (Å²) in [6.07, 6.45) is 5.78. The Hall–Kier alpha value is -2.24. The number of carbonyl (C=O) groups excluding carboxylic acids is 2. The Balaban J connectivity index is 2.25. The van der Waals surface area contributed by atoms with E-state index < -0.39 is 0 Å². The first kappa shape index (κ1) is 21.8. The summed E-state index contributed by atoms with van der Waals surface area (Å²) in [5.74, 6) is 1.28. The minimum atomic E-state index is -0.324. The molecule has 146 valence electrons. The topological polar surface area (TPSA) is 76.7 Å². The number of rotatable bonds is 12. The lowest BCUT2D eigenvalue weighted by Gasteiger charge is -2.10. The summed E-state index contributed by atoms with van der Waals surface area (Å²) in [7, 11) is 3.04. The first-order valence-electron chi connectivity index (χ1n) is 9.24. The molecule has 0 spiro atoms. The Bertz CT molecular complexity index is 573. The second-order valence-corrected chi connectivity index (χ2v) is 6.70. The van der Waals surface area contributed by atoms with E-state index in [4.69, 9.17) is 9.47 Å². The van der Waals surface area contributed by atoms with Crippen LogP contribution in [0.5, 0.6) is 11.5 Å². The molecule has 0 saturated heterocycles. The molecule has 0 aliphatic heterocycles. The summed E-state index contributed by atoms with van der Waals surface area (Å²) in [5, 5.41) is 5.45. The number of nitrogens with one attached hydrogen (secondary N) is 2. The number of ether oxygens (including phenoxy) is 2. The van der Waals surface area contributed by atoms with E-state index in [1.165, 1.54) is 33.5 Å². The molecule has 0 radical (unpaired) electrons. The maximum Gasteiger partial charge on any atom is 0.251 e. The lowest BCUT2D eigenvalue weighted by molar-refractivity contribution is -0.120. The van der Waals surface area contributed by atoms with Crippen molar-refractivity contribution in [2.24, 2.45) is 5.92 Å². The molecule has 1 aromatic rings. The molecular formula is C20H32N2O4. The monoisotopic (exact) mass is 364 g/mol. The van der Waals surface area contributed by atoms with E-state index in [0.29, 0.717) is 23.6 Å². The average molecular weight is 364 g/mol. The molecule has 0 atom stereocenters. The van der Waals surface area contributed by atoms with Crippen LogP contribution >= 0.6 is 0 Å². The van der Waals surface area contributed by atoms with E-state index in [-0.39, 0.29) is 18.4 Å². The summed E-state index contributed by atoms with van der Waals surface area (Å²) in [6.45, 7) is 5.07. The predicted molar refractivity (Wildman–Crippen MR) is 103 cm³/mol. The zero-order valence-electron chi connectivity index (χ0n) is 16.4. The van der Waals surface area contributed by atoms with Gasteiger partial charge >= 0.3 is 0 Å². The van der Waals surface area contributed by atoms with Crippen molar-refractivity contribution in [2.45, 2.75) is 46.0 Å². The van der Waals surface area contributed by atoms with E-state index in [2.05, 4.69) is 24.5 Å². The van der Waals surface area contributed by atoms with Crippen LogP contribution in [0, 0.1) is 5.92 Å². The third-order valence-electron chi connectivity index (χ3n) is 4.09. The molecule has 0 bridgehead atoms. The van der Waals surface area contributed by atoms with E-state index >= 15 is 0 Å². The van der Waals surface area contributed by atoms with Gasteiger partial charge in [0.05, 0.1) is 20.8 Å². The lowest BCUT2D eigenvalue weighted by Crippen LogP contribution is -2.37. The van der Waals surface area contributed by atoms with Crippen LogP contribution < -0.4 is 20.1 Å². The molecule has 0 saturated carbocycles. The van der Waals surface area contributed by atoms with Gasteiger partial charge in [0.1, 0.15) is 0 Å². The summed E-state index contributed by atoms with van der Waals surface area (Å²) < 4.78 is 10.3. The van der Waals surface area contributed by atoms with Gasteiger partial charge in [-0.3, -0.25) is 9.59 Å². The van der Waals surface area contributed by atoms with Gasteiger partial charge in [-0.2, -0.15) is 0 Å². The molecule has 26 heavy (non-hydrogen) atoms. The Morgan fingerprint density at radius 3 is 2.31 bits per heavy atom. The Kier molecular flexibility index (Phi) is 10.2. The standard InChI is InChI=1S/C20H32N2O4/c1-15(2)9-7-5-6-8-12-21-19(23)14-22-20(24)16-10-11-17(25-3)18(13-16)26-4/h10-11,13,15H,5-9,12,14H2,1-4H3,(H,21,23)(H,22,24). The molecule has 0 aliphatic carbocycles. The average Bonchev–Trinajstić information content (AvgIpc) is 2.64. The highest BCUT2D eigenvalue weighted by Gasteiger charge is 2.11. The predicted octanol–water partition coefficient (Wildman–Crippen LogP) is 3.16. The second-order valence-electron chi connectivity index (χ2n) is 6.70. The summed E-state index contributed by atoms with van der Waals surface area (Å²) in [5.41, 5.74) is 0.417. The Morgan fingerprint density at radius 2 is 1.65 bits per heavy atom. The number of unbranched alkanes of at least 4 members (excludes halogenated alkanes) is 3. The van der Waals surface area contributed by atoms with Gasteiger partial charge in [-0.15, -0.1) is 0 Å². The highest BCUT2D eigenvalue weighted by molar-refractivity contribution is 5.97. The number of amides is 2. The molecule has 2 amide bonds. The van der Waals surface area contributed by atoms with E-state index in [0.717, 1.165) is 18.8 Å². The highest BCUT2D eigenvalue weighted by Crippen LogP contribution is 2.27. The van der Waals surface area contributed by atoms with Gasteiger partial charge in [-0.1, -0.05) is 39.5 Å². The first-order chi connectivity index (χ1) is 12.5. The quantitative estimate of drug-likeness (QED) is 0.559. The summed E-state index contributed by atoms with van der Waals surface area (Å²) in [6, 6.07) is 4.88. The maximum absolute atomic E-state index is 12.1. The van der Waals surface area contributed by atoms with E-state index in [9.17, 15) is 9.59 Å². The van der Waals surface area contributed by atoms with Crippen LogP contribution in [0.15, 0.2) is 18.2 Å². The van der Waals surface area contributed by atoms with Crippen LogP contribution in [0.1, 0.15) is 56.3 Å². The fourth-order valence-electron chi connectivity index (χ4n) is 2.56. The van der Waals surface area contributed by atoms with Crippen LogP contribution in [0.4, 0.5) is 0 Å². The van der Waals surface area contributed by atoms with Gasteiger partial charge in [0.25, 0.3) is 5.91 Å². The van der Waals surface area contributed by atoms with Gasteiger partial charge in [-0.25, -0.2) is 0 Å². The second kappa shape index (κ2) is 12.2. The zero-order valence-corrected chi connectivity index (χ0v) is 16.4. The molecule has 6 heteroatoms. The number of hydrogen-bond donors (Lipinski definition) is 2. The van der Waals surface area contributed by atoms with Crippen LogP contribution in [-0.2, 0) is 4.79 Å². The molecule has 6 nitrogen and oxygen atoms in total. The smallest absolute Gasteiger partial charge is 0.251 e. The third kappa shape index (κ3) is 8.23. The van der Waals surface area contributed by atoms with Gasteiger partial charge in [0.15, 0.2) is 11.5 Å². The minimum Gasteiger partial charge on any atom is -0.493 e. The molecule has 2 N–H and O–H groups in total. The van der Waals surface area contributed by atoms with Crippen molar-refractivity contribution < 1.29 is 19.1 Å². The van der Waals surface area contributed by atoms with Crippen molar-refractivity contribution in [2.75, 3.05) is 27.3 Å². The molecule has 0 aromatic heterocycles. The van der Waals surface area contributed by atoms with Gasteiger partial charge in [-0.05, 0) is 30.5 Å². The van der Waals surface area contributed by atoms with Crippen LogP contribution in [-0.4, -0.2) is 39.1 Å². The zero-order chi connectivity index (χ0) is 19.4. The van der Waals surface area contributed by atoms with Crippen molar-refractivity contribution in [1.29, 1.82) is 0 Å². The highest BCUT2D eigenvalue weighted by atomic mass is 16.5. The number of methoxy groups -OCH3 is 2. The molecule has 0 heterocycles. The normalized spacial score (nSPS) is 10.5. The fourth-order valence-corrected chi connectivity index (χ4v) is 2.56. The number of carbonyl (C=O) groups is 2. The number of benzene rings is 1. The Morgan fingerprint density at radius 1 is 0.962 bits per heavy atom. The van der Waals surface area contributed by atoms with E-state index in [1.807, 2.05) is 0 Å². The Labute approximate surface area is 156 Å². The van der Waals surface area contributed by atoms with E-state index in [1.54, 1.807) is 18.2 Å². The van der Waals surface area contributed by atoms with Crippen molar-refractivity contribution >= 4 is 11.8 Å². The van der Waals surface area contributed by atoms with Crippen molar-refractivity contribution in [1.82, 2.24) is 10.6 Å². The molecule has 0 unspecified atom stereocenters. The summed E-state index contributed by atoms with van der Waals surface area (Å²) >= 11 is 0.